The van der Waals surface area contributed by atoms with Gasteiger partial charge in [0.2, 0.25) is 0 Å². The minimum atomic E-state index is -1.79. The van der Waals surface area contributed by atoms with Crippen molar-refractivity contribution >= 4 is 18.5 Å². The lowest BCUT2D eigenvalue weighted by atomic mass is 10.0. The van der Waals surface area contributed by atoms with Crippen molar-refractivity contribution < 1.29 is 75.7 Å². The van der Waals surface area contributed by atoms with E-state index in [1.54, 1.807) is 0 Å². The quantitative estimate of drug-likeness (QED) is 0.130. The second kappa shape index (κ2) is 18.2. The van der Waals surface area contributed by atoms with Crippen LogP contribution in [0.15, 0.2) is 0 Å². The van der Waals surface area contributed by atoms with Crippen molar-refractivity contribution in [3.8, 4) is 0 Å². The molecule has 0 aromatic rings. The third-order valence-corrected chi connectivity index (χ3v) is 3.20. The molecule has 0 rings (SSSR count). The van der Waals surface area contributed by atoms with Gasteiger partial charge in [-0.2, -0.15) is 0 Å². The number of hydrogen-bond donors (Lipinski definition) is 12. The van der Waals surface area contributed by atoms with E-state index in [4.69, 9.17) is 61.3 Å². The van der Waals surface area contributed by atoms with Gasteiger partial charge in [0.15, 0.2) is 12.6 Å². The van der Waals surface area contributed by atoms with Crippen molar-refractivity contribution in [1.82, 2.24) is 0 Å². The Morgan fingerprint density at radius 3 is 1.03 bits per heavy atom. The molecule has 15 heteroatoms. The largest absolute Gasteiger partial charge is 0.479 e. The lowest BCUT2D eigenvalue weighted by Gasteiger charge is -2.22. The highest BCUT2D eigenvalue weighted by atomic mass is 16.4. The maximum absolute atomic E-state index is 9.90. The molecule has 0 bridgehead atoms. The average molecular weight is 450 g/mol. The maximum Gasteiger partial charge on any atom is 0.332 e. The van der Waals surface area contributed by atoms with Gasteiger partial charge >= 0.3 is 5.97 Å². The normalized spacial score (nSPS) is 19.6. The molecule has 0 amide bonds. The zero-order valence-corrected chi connectivity index (χ0v) is 15.9. The number of carboxylic acid groups (broad SMARTS) is 1. The van der Waals surface area contributed by atoms with Crippen LogP contribution in [0.1, 0.15) is 6.92 Å². The number of aliphatic hydroxyl groups excluding tert-OH is 11. The predicted octanol–water partition coefficient (Wildman–Crippen LogP) is -7.31. The fourth-order valence-electron chi connectivity index (χ4n) is 1.24. The molecular formula is C15H30O15. The first kappa shape index (κ1) is 33.0. The number of aliphatic carboxylic acids is 1. The highest BCUT2D eigenvalue weighted by molar-refractivity contribution is 5.71. The Bertz CT molecular complexity index is 427. The Morgan fingerprint density at radius 2 is 0.900 bits per heavy atom. The van der Waals surface area contributed by atoms with Gasteiger partial charge in [0.1, 0.15) is 54.9 Å². The van der Waals surface area contributed by atoms with Gasteiger partial charge in [0, 0.05) is 0 Å². The van der Waals surface area contributed by atoms with Crippen LogP contribution in [0.25, 0.3) is 0 Å². The molecule has 9 atom stereocenters. The van der Waals surface area contributed by atoms with E-state index in [2.05, 4.69) is 0 Å². The van der Waals surface area contributed by atoms with E-state index < -0.39 is 74.1 Å². The molecule has 0 aliphatic carbocycles. The number of rotatable bonds is 11. The van der Waals surface area contributed by atoms with Gasteiger partial charge in [-0.3, -0.25) is 0 Å². The van der Waals surface area contributed by atoms with Crippen LogP contribution in [-0.2, 0) is 14.4 Å². The fourth-order valence-corrected chi connectivity index (χ4v) is 1.24. The van der Waals surface area contributed by atoms with Crippen LogP contribution in [0.2, 0.25) is 0 Å². The van der Waals surface area contributed by atoms with E-state index in [0.717, 1.165) is 0 Å². The number of hydrogen-bond acceptors (Lipinski definition) is 14. The Morgan fingerprint density at radius 1 is 0.667 bits per heavy atom. The molecule has 15 nitrogen and oxygen atoms in total. The molecule has 0 heterocycles. The van der Waals surface area contributed by atoms with Gasteiger partial charge in [0.05, 0.1) is 13.2 Å². The first-order chi connectivity index (χ1) is 13.7. The van der Waals surface area contributed by atoms with E-state index >= 15 is 0 Å². The summed E-state index contributed by atoms with van der Waals surface area (Å²) in [4.78, 5) is 29.2. The Balaban J connectivity index is -0.000000386. The Kier molecular flexibility index (Phi) is 20.0. The topological polar surface area (TPSA) is 294 Å². The summed E-state index contributed by atoms with van der Waals surface area (Å²) in [7, 11) is 0. The summed E-state index contributed by atoms with van der Waals surface area (Å²) in [6, 6.07) is 0. The third kappa shape index (κ3) is 14.4. The molecule has 0 saturated carbocycles. The van der Waals surface area contributed by atoms with Gasteiger partial charge in [-0.1, -0.05) is 0 Å². The first-order valence-corrected chi connectivity index (χ1v) is 8.20. The summed E-state index contributed by atoms with van der Waals surface area (Å²) in [6.45, 7) is -0.323. The summed E-state index contributed by atoms with van der Waals surface area (Å²) in [5.74, 6) is -1.19. The maximum atomic E-state index is 9.90. The third-order valence-electron chi connectivity index (χ3n) is 3.20. The highest BCUT2D eigenvalue weighted by Gasteiger charge is 2.30. The second-order valence-electron chi connectivity index (χ2n) is 5.73. The van der Waals surface area contributed by atoms with Gasteiger partial charge in [-0.05, 0) is 6.92 Å². The van der Waals surface area contributed by atoms with Crippen molar-refractivity contribution in [2.45, 2.75) is 61.9 Å². The van der Waals surface area contributed by atoms with Gasteiger partial charge in [-0.15, -0.1) is 0 Å². The standard InChI is InChI=1S/2C6H12O6.C3H6O3/c2*7-1-3(9)5(11)6(12)4(10)2-8;1-2(4)3(5)6/h2*1,3-6,8-12H,2H2;2,4H,1H3,(H,5,6)/t3-,4+,5+,6+;3-,4+,5+,6-;/m00./s1. The summed E-state index contributed by atoms with van der Waals surface area (Å²) >= 11 is 0. The molecule has 30 heavy (non-hydrogen) atoms. The molecule has 0 aromatic carbocycles. The van der Waals surface area contributed by atoms with Crippen LogP contribution in [0, 0.1) is 0 Å². The molecule has 0 aromatic heterocycles. The van der Waals surface area contributed by atoms with E-state index in [1.165, 1.54) is 6.92 Å². The second-order valence-corrected chi connectivity index (χ2v) is 5.73. The van der Waals surface area contributed by atoms with Crippen molar-refractivity contribution in [3.63, 3.8) is 0 Å². The Hall–Kier alpha value is -1.63. The molecule has 0 aliphatic heterocycles. The van der Waals surface area contributed by atoms with Crippen molar-refractivity contribution in [2.24, 2.45) is 0 Å². The van der Waals surface area contributed by atoms with Crippen LogP contribution < -0.4 is 0 Å². The van der Waals surface area contributed by atoms with Crippen LogP contribution in [-0.4, -0.2) is 148 Å². The van der Waals surface area contributed by atoms with E-state index in [1.807, 2.05) is 0 Å². The number of aldehydes is 2. The first-order valence-electron chi connectivity index (χ1n) is 8.20. The van der Waals surface area contributed by atoms with Crippen LogP contribution >= 0.6 is 0 Å². The van der Waals surface area contributed by atoms with Gasteiger partial charge in [0.25, 0.3) is 0 Å². The zero-order valence-electron chi connectivity index (χ0n) is 15.9. The smallest absolute Gasteiger partial charge is 0.332 e. The van der Waals surface area contributed by atoms with Gasteiger partial charge < -0.3 is 70.9 Å². The summed E-state index contributed by atoms with van der Waals surface area (Å²) in [6.07, 6.45) is -14.9. The minimum Gasteiger partial charge on any atom is -0.479 e. The van der Waals surface area contributed by atoms with Gasteiger partial charge in [-0.25, -0.2) is 4.79 Å². The SMILES string of the molecule is CC(O)C(=O)O.O=C[C@H](O)[C@@H](O)[C@@H](O)[C@H](O)CO.O=C[C@H](O)[C@@H](O)[C@H](O)[C@H](O)CO. The molecule has 0 aliphatic rings. The monoisotopic (exact) mass is 450 g/mol. The van der Waals surface area contributed by atoms with Crippen LogP contribution in [0.5, 0.6) is 0 Å². The van der Waals surface area contributed by atoms with E-state index in [0.29, 0.717) is 0 Å². The fraction of sp³-hybridized carbons (Fsp3) is 0.800. The van der Waals surface area contributed by atoms with Crippen molar-refractivity contribution in [3.05, 3.63) is 0 Å². The molecule has 0 fully saturated rings. The predicted molar refractivity (Wildman–Crippen MR) is 93.7 cm³/mol. The molecule has 0 radical (unpaired) electrons. The summed E-state index contributed by atoms with van der Waals surface area (Å²) < 4.78 is 0. The van der Waals surface area contributed by atoms with E-state index in [-0.39, 0.29) is 12.6 Å². The zero-order chi connectivity index (χ0) is 24.6. The molecule has 0 saturated heterocycles. The lowest BCUT2D eigenvalue weighted by molar-refractivity contribution is -0.145. The number of carbonyl (C=O) groups excluding carboxylic acids is 2. The number of aliphatic hydroxyl groups is 11. The van der Waals surface area contributed by atoms with Crippen LogP contribution in [0.4, 0.5) is 0 Å². The molecular weight excluding hydrogens is 420 g/mol. The average Bonchev–Trinajstić information content (AvgIpc) is 2.75. The molecule has 12 N–H and O–H groups in total. The highest BCUT2D eigenvalue weighted by Crippen LogP contribution is 2.03. The molecule has 1 unspecified atom stereocenters. The summed E-state index contributed by atoms with van der Waals surface area (Å²) in [5.41, 5.74) is 0. The van der Waals surface area contributed by atoms with Crippen molar-refractivity contribution in [1.29, 1.82) is 0 Å². The molecule has 180 valence electrons. The Labute approximate surface area is 170 Å². The van der Waals surface area contributed by atoms with Crippen LogP contribution in [0.3, 0.4) is 0 Å². The van der Waals surface area contributed by atoms with E-state index in [9.17, 15) is 14.4 Å². The summed E-state index contributed by atoms with van der Waals surface area (Å²) in [5, 5.41) is 103. The minimum absolute atomic E-state index is 0.0258. The number of carboxylic acids is 1. The molecule has 0 spiro atoms. The van der Waals surface area contributed by atoms with Crippen molar-refractivity contribution in [2.75, 3.05) is 13.2 Å². The number of carbonyl (C=O) groups is 3. The lowest BCUT2D eigenvalue weighted by Crippen LogP contribution is -2.46.